The Hall–Kier alpha value is -1.52. The second-order valence-electron chi connectivity index (χ2n) is 4.61. The minimum absolute atomic E-state index is 0.434. The van der Waals surface area contributed by atoms with Gasteiger partial charge in [0.2, 0.25) is 5.91 Å². The maximum absolute atomic E-state index is 11.8. The van der Waals surface area contributed by atoms with Crippen LogP contribution in [0.4, 0.5) is 0 Å². The van der Waals surface area contributed by atoms with E-state index in [2.05, 4.69) is 10.1 Å². The van der Waals surface area contributed by atoms with Crippen LogP contribution in [-0.4, -0.2) is 24.5 Å². The quantitative estimate of drug-likeness (QED) is 0.686. The Kier molecular flexibility index (Phi) is 5.60. The van der Waals surface area contributed by atoms with Crippen LogP contribution in [0.15, 0.2) is 24.3 Å². The van der Waals surface area contributed by atoms with Crippen LogP contribution < -0.4 is 5.32 Å². The normalized spacial score (nSPS) is 11.4. The molecule has 0 atom stereocenters. The number of nitrogens with one attached hydrogen (secondary N) is 1. The lowest BCUT2D eigenvalue weighted by atomic mass is 10.1. The van der Waals surface area contributed by atoms with Crippen molar-refractivity contribution < 1.29 is 14.3 Å². The number of rotatable bonds is 4. The first kappa shape index (κ1) is 16.5. The molecule has 1 rings (SSSR count). The molecule has 1 N–H and O–H groups in total. The molecule has 4 nitrogen and oxygen atoms in total. The third-order valence-electron chi connectivity index (χ3n) is 2.50. The van der Waals surface area contributed by atoms with E-state index in [-0.39, 0.29) is 0 Å². The van der Waals surface area contributed by atoms with E-state index in [9.17, 15) is 9.59 Å². The number of ether oxygens (including phenoxy) is 1. The lowest BCUT2D eigenvalue weighted by Crippen LogP contribution is -2.49. The van der Waals surface area contributed by atoms with Crippen molar-refractivity contribution in [2.24, 2.45) is 0 Å². The van der Waals surface area contributed by atoms with Gasteiger partial charge in [-0.2, -0.15) is 0 Å². The summed E-state index contributed by atoms with van der Waals surface area (Å²) in [5.74, 6) is -0.962. The highest BCUT2D eigenvalue weighted by atomic mass is 35.5. The zero-order chi connectivity index (χ0) is 15.3. The third-order valence-corrected chi connectivity index (χ3v) is 3.08. The maximum atomic E-state index is 11.8. The van der Waals surface area contributed by atoms with Crippen LogP contribution in [0.5, 0.6) is 0 Å². The number of carbonyl (C=O) groups is 2. The molecule has 6 heteroatoms. The second kappa shape index (κ2) is 6.77. The largest absolute Gasteiger partial charge is 0.467 e. The molecule has 108 valence electrons. The predicted molar refractivity (Wildman–Crippen MR) is 79.7 cm³/mol. The number of hydrogen-bond acceptors (Lipinski definition) is 3. The Bertz CT molecular complexity index is 553. The van der Waals surface area contributed by atoms with Gasteiger partial charge in [-0.1, -0.05) is 23.2 Å². The standard InChI is InChI=1S/C14H15Cl2NO3/c1-14(2,13(19)20-3)17-12(18)7-4-9-8-10(15)5-6-11(9)16/h4-8H,1-3H3,(H,17,18)/b7-4+. The fourth-order valence-corrected chi connectivity index (χ4v) is 1.82. The smallest absolute Gasteiger partial charge is 0.330 e. The molecule has 0 heterocycles. The van der Waals surface area contributed by atoms with Crippen LogP contribution in [0.2, 0.25) is 10.0 Å². The van der Waals surface area contributed by atoms with Crippen molar-refractivity contribution in [1.82, 2.24) is 5.32 Å². The fourth-order valence-electron chi connectivity index (χ4n) is 1.46. The summed E-state index contributed by atoms with van der Waals surface area (Å²) in [7, 11) is 1.26. The van der Waals surface area contributed by atoms with E-state index in [1.165, 1.54) is 19.3 Å². The molecule has 0 saturated heterocycles. The van der Waals surface area contributed by atoms with E-state index >= 15 is 0 Å². The van der Waals surface area contributed by atoms with Crippen molar-refractivity contribution in [2.75, 3.05) is 7.11 Å². The lowest BCUT2D eigenvalue weighted by molar-refractivity contribution is -0.148. The number of carbonyl (C=O) groups excluding carboxylic acids is 2. The zero-order valence-corrected chi connectivity index (χ0v) is 12.9. The number of hydrogen-bond donors (Lipinski definition) is 1. The van der Waals surface area contributed by atoms with Gasteiger partial charge in [0.1, 0.15) is 5.54 Å². The summed E-state index contributed by atoms with van der Waals surface area (Å²) >= 11 is 11.8. The van der Waals surface area contributed by atoms with Gasteiger partial charge < -0.3 is 10.1 Å². The topological polar surface area (TPSA) is 55.4 Å². The summed E-state index contributed by atoms with van der Waals surface area (Å²) in [5.41, 5.74) is -0.487. The summed E-state index contributed by atoms with van der Waals surface area (Å²) in [6, 6.07) is 4.93. The van der Waals surface area contributed by atoms with E-state index in [0.717, 1.165) is 0 Å². The van der Waals surface area contributed by atoms with Crippen LogP contribution >= 0.6 is 23.2 Å². The molecule has 1 aromatic rings. The van der Waals surface area contributed by atoms with Crippen molar-refractivity contribution in [3.63, 3.8) is 0 Å². The van der Waals surface area contributed by atoms with Crippen LogP contribution in [0, 0.1) is 0 Å². The van der Waals surface area contributed by atoms with Crippen LogP contribution in [-0.2, 0) is 14.3 Å². The van der Waals surface area contributed by atoms with Gasteiger partial charge in [-0.15, -0.1) is 0 Å². The Morgan fingerprint density at radius 3 is 2.55 bits per heavy atom. The highest BCUT2D eigenvalue weighted by molar-refractivity contribution is 6.34. The molecule has 0 bridgehead atoms. The number of amides is 1. The molecule has 0 spiro atoms. The van der Waals surface area contributed by atoms with E-state index in [1.807, 2.05) is 0 Å². The predicted octanol–water partition coefficient (Wildman–Crippen LogP) is 3.07. The number of esters is 1. The molecule has 20 heavy (non-hydrogen) atoms. The SMILES string of the molecule is COC(=O)C(C)(C)NC(=O)/C=C/c1cc(Cl)ccc1Cl. The molecule has 0 aliphatic rings. The Balaban J connectivity index is 2.78. The molecule has 1 aromatic carbocycles. The maximum Gasteiger partial charge on any atom is 0.330 e. The molecule has 0 unspecified atom stereocenters. The first-order chi connectivity index (χ1) is 9.26. The molecule has 0 aromatic heterocycles. The third kappa shape index (κ3) is 4.54. The van der Waals surface area contributed by atoms with Gasteiger partial charge in [0.25, 0.3) is 0 Å². The molecule has 0 saturated carbocycles. The summed E-state index contributed by atoms with van der Waals surface area (Å²) in [5, 5.41) is 3.53. The first-order valence-electron chi connectivity index (χ1n) is 5.80. The molecule has 0 radical (unpaired) electrons. The molecule has 0 aliphatic heterocycles. The molecule has 0 fully saturated rings. The van der Waals surface area contributed by atoms with Crippen molar-refractivity contribution >= 4 is 41.2 Å². The summed E-state index contributed by atoms with van der Waals surface area (Å²) in [4.78, 5) is 23.2. The first-order valence-corrected chi connectivity index (χ1v) is 6.55. The van der Waals surface area contributed by atoms with Crippen molar-refractivity contribution in [3.05, 3.63) is 39.9 Å². The van der Waals surface area contributed by atoms with Crippen molar-refractivity contribution in [1.29, 1.82) is 0 Å². The lowest BCUT2D eigenvalue weighted by Gasteiger charge is -2.22. The molecular weight excluding hydrogens is 301 g/mol. The van der Waals surface area contributed by atoms with Gasteiger partial charge in [0, 0.05) is 16.1 Å². The molecular formula is C14H15Cl2NO3. The highest BCUT2D eigenvalue weighted by Crippen LogP contribution is 2.21. The average Bonchev–Trinajstić information content (AvgIpc) is 2.38. The van der Waals surface area contributed by atoms with E-state index < -0.39 is 17.4 Å². The van der Waals surface area contributed by atoms with Crippen molar-refractivity contribution in [2.45, 2.75) is 19.4 Å². The molecule has 1 amide bonds. The number of methoxy groups -OCH3 is 1. The second-order valence-corrected chi connectivity index (χ2v) is 5.45. The Morgan fingerprint density at radius 2 is 1.95 bits per heavy atom. The van der Waals surface area contributed by atoms with E-state index in [0.29, 0.717) is 15.6 Å². The highest BCUT2D eigenvalue weighted by Gasteiger charge is 2.29. The van der Waals surface area contributed by atoms with Gasteiger partial charge in [0.15, 0.2) is 0 Å². The Morgan fingerprint density at radius 1 is 1.30 bits per heavy atom. The van der Waals surface area contributed by atoms with E-state index in [1.54, 1.807) is 32.0 Å². The van der Waals surface area contributed by atoms with Crippen molar-refractivity contribution in [3.8, 4) is 0 Å². The van der Waals surface area contributed by atoms with Gasteiger partial charge >= 0.3 is 5.97 Å². The van der Waals surface area contributed by atoms with E-state index in [4.69, 9.17) is 23.2 Å². The van der Waals surface area contributed by atoms with Crippen LogP contribution in [0.25, 0.3) is 6.08 Å². The summed E-state index contributed by atoms with van der Waals surface area (Å²) < 4.78 is 4.60. The molecule has 0 aliphatic carbocycles. The zero-order valence-electron chi connectivity index (χ0n) is 11.4. The fraction of sp³-hybridized carbons (Fsp3) is 0.286. The Labute approximate surface area is 127 Å². The number of halogens is 2. The summed E-state index contributed by atoms with van der Waals surface area (Å²) in [6.45, 7) is 3.11. The number of benzene rings is 1. The monoisotopic (exact) mass is 315 g/mol. The van der Waals surface area contributed by atoms with Gasteiger partial charge in [0.05, 0.1) is 7.11 Å². The minimum Gasteiger partial charge on any atom is -0.467 e. The van der Waals surface area contributed by atoms with Crippen LogP contribution in [0.1, 0.15) is 19.4 Å². The van der Waals surface area contributed by atoms with Gasteiger partial charge in [-0.25, -0.2) is 4.79 Å². The van der Waals surface area contributed by atoms with Gasteiger partial charge in [-0.05, 0) is 43.7 Å². The minimum atomic E-state index is -1.10. The summed E-state index contributed by atoms with van der Waals surface area (Å²) in [6.07, 6.45) is 2.80. The average molecular weight is 316 g/mol. The van der Waals surface area contributed by atoms with Gasteiger partial charge in [-0.3, -0.25) is 4.79 Å². The van der Waals surface area contributed by atoms with Crippen LogP contribution in [0.3, 0.4) is 0 Å².